The first kappa shape index (κ1) is 12.6. The normalized spacial score (nSPS) is 16.8. The average molecular weight is 266 g/mol. The highest BCUT2D eigenvalue weighted by Gasteiger charge is 2.34. The summed E-state index contributed by atoms with van der Waals surface area (Å²) in [5.41, 5.74) is 2.38. The smallest absolute Gasteiger partial charge is 0.314 e. The van der Waals surface area contributed by atoms with Crippen LogP contribution in [0.4, 0.5) is 0 Å². The molecular weight excluding hydrogens is 252 g/mol. The first-order chi connectivity index (χ1) is 9.75. The van der Waals surface area contributed by atoms with Gasteiger partial charge in [0.25, 0.3) is 0 Å². The molecule has 0 N–H and O–H groups in total. The highest BCUT2D eigenvalue weighted by molar-refractivity contribution is 6.05. The molecule has 0 saturated carbocycles. The third-order valence-electron chi connectivity index (χ3n) is 3.53. The van der Waals surface area contributed by atoms with Gasteiger partial charge in [-0.15, -0.1) is 0 Å². The quantitative estimate of drug-likeness (QED) is 0.802. The first-order valence-corrected chi connectivity index (χ1v) is 6.58. The molecule has 0 aliphatic heterocycles. The Labute approximate surface area is 117 Å². The molecule has 3 heteroatoms. The van der Waals surface area contributed by atoms with Crippen LogP contribution in [0.1, 0.15) is 33.8 Å². The lowest BCUT2D eigenvalue weighted by atomic mass is 10.0. The Morgan fingerprint density at radius 3 is 2.55 bits per heavy atom. The van der Waals surface area contributed by atoms with Gasteiger partial charge in [0.15, 0.2) is 5.78 Å². The maximum atomic E-state index is 12.2. The number of hydrogen-bond acceptors (Lipinski definition) is 3. The number of esters is 1. The lowest BCUT2D eigenvalue weighted by Crippen LogP contribution is -2.14. The van der Waals surface area contributed by atoms with Crippen molar-refractivity contribution in [3.63, 3.8) is 0 Å². The van der Waals surface area contributed by atoms with Crippen molar-refractivity contribution in [2.75, 3.05) is 0 Å². The van der Waals surface area contributed by atoms with E-state index in [1.54, 1.807) is 6.07 Å². The second kappa shape index (κ2) is 5.29. The molecule has 0 saturated heterocycles. The monoisotopic (exact) mass is 266 g/mol. The van der Waals surface area contributed by atoms with E-state index < -0.39 is 5.92 Å². The molecule has 1 atom stereocenters. The summed E-state index contributed by atoms with van der Waals surface area (Å²) in [5, 5.41) is 0. The summed E-state index contributed by atoms with van der Waals surface area (Å²) < 4.78 is 5.33. The molecule has 0 bridgehead atoms. The van der Waals surface area contributed by atoms with E-state index >= 15 is 0 Å². The van der Waals surface area contributed by atoms with E-state index in [9.17, 15) is 9.59 Å². The van der Waals surface area contributed by atoms with Crippen LogP contribution in [0, 0.1) is 0 Å². The maximum Gasteiger partial charge on any atom is 0.314 e. The fourth-order valence-electron chi connectivity index (χ4n) is 2.50. The van der Waals surface area contributed by atoms with Gasteiger partial charge in [0, 0.05) is 12.0 Å². The summed E-state index contributed by atoms with van der Waals surface area (Å²) in [5.74, 6) is -0.767. The van der Waals surface area contributed by atoms with Crippen LogP contribution in [0.2, 0.25) is 0 Å². The van der Waals surface area contributed by atoms with Crippen molar-refractivity contribution in [3.05, 3.63) is 71.3 Å². The minimum absolute atomic E-state index is 0.0160. The molecule has 3 nitrogen and oxygen atoms in total. The van der Waals surface area contributed by atoms with Crippen LogP contribution in [-0.2, 0) is 16.1 Å². The Balaban J connectivity index is 1.71. The second-order valence-corrected chi connectivity index (χ2v) is 4.86. The standard InChI is InChI=1S/C17H14O3/c18-16-10-15(13-8-4-5-9-14(13)16)17(19)20-11-12-6-2-1-3-7-12/h1-9,15H,10-11H2. The number of hydrogen-bond donors (Lipinski definition) is 0. The van der Waals surface area contributed by atoms with E-state index in [2.05, 4.69) is 0 Å². The molecule has 2 aromatic rings. The van der Waals surface area contributed by atoms with Crippen LogP contribution in [0.15, 0.2) is 54.6 Å². The van der Waals surface area contributed by atoms with Gasteiger partial charge in [-0.3, -0.25) is 9.59 Å². The predicted molar refractivity (Wildman–Crippen MR) is 74.4 cm³/mol. The molecule has 0 amide bonds. The number of ether oxygens (including phenoxy) is 1. The first-order valence-electron chi connectivity index (χ1n) is 6.58. The molecule has 0 heterocycles. The number of fused-ring (bicyclic) bond motifs is 1. The second-order valence-electron chi connectivity index (χ2n) is 4.86. The third-order valence-corrected chi connectivity index (χ3v) is 3.53. The van der Waals surface area contributed by atoms with E-state index in [-0.39, 0.29) is 24.8 Å². The van der Waals surface area contributed by atoms with Crippen molar-refractivity contribution in [3.8, 4) is 0 Å². The zero-order valence-corrected chi connectivity index (χ0v) is 10.9. The molecule has 2 aromatic carbocycles. The number of carbonyl (C=O) groups is 2. The van der Waals surface area contributed by atoms with Gasteiger partial charge < -0.3 is 4.74 Å². The van der Waals surface area contributed by atoms with Gasteiger partial charge in [-0.1, -0.05) is 54.6 Å². The lowest BCUT2D eigenvalue weighted by Gasteiger charge is -2.10. The van der Waals surface area contributed by atoms with Gasteiger partial charge in [-0.2, -0.15) is 0 Å². The van der Waals surface area contributed by atoms with Crippen LogP contribution >= 0.6 is 0 Å². The van der Waals surface area contributed by atoms with Gasteiger partial charge in [0.2, 0.25) is 0 Å². The number of carbonyl (C=O) groups excluding carboxylic acids is 2. The Hall–Kier alpha value is -2.42. The lowest BCUT2D eigenvalue weighted by molar-refractivity contribution is -0.146. The van der Waals surface area contributed by atoms with Crippen LogP contribution in [0.3, 0.4) is 0 Å². The van der Waals surface area contributed by atoms with Gasteiger partial charge in [0.05, 0.1) is 5.92 Å². The predicted octanol–water partition coefficient (Wildman–Crippen LogP) is 3.10. The van der Waals surface area contributed by atoms with Crippen LogP contribution < -0.4 is 0 Å². The summed E-state index contributed by atoms with van der Waals surface area (Å²) in [6.45, 7) is 0.243. The van der Waals surface area contributed by atoms with Crippen molar-refractivity contribution >= 4 is 11.8 Å². The fraction of sp³-hybridized carbons (Fsp3) is 0.176. The SMILES string of the molecule is O=C1CC(C(=O)OCc2ccccc2)c2ccccc21. The van der Waals surface area contributed by atoms with Gasteiger partial charge in [0.1, 0.15) is 6.61 Å². The van der Waals surface area contributed by atoms with E-state index in [1.165, 1.54) is 0 Å². The molecular formula is C17H14O3. The van der Waals surface area contributed by atoms with Crippen molar-refractivity contribution in [2.45, 2.75) is 18.9 Å². The molecule has 0 aromatic heterocycles. The summed E-state index contributed by atoms with van der Waals surface area (Å²) in [6.07, 6.45) is 0.215. The molecule has 20 heavy (non-hydrogen) atoms. The van der Waals surface area contributed by atoms with Crippen molar-refractivity contribution in [1.29, 1.82) is 0 Å². The number of Topliss-reactive ketones (excluding diaryl/α,β-unsaturated/α-hetero) is 1. The summed E-state index contributed by atoms with van der Waals surface area (Å²) >= 11 is 0. The van der Waals surface area contributed by atoms with Gasteiger partial charge in [-0.05, 0) is 11.1 Å². The largest absolute Gasteiger partial charge is 0.460 e. The van der Waals surface area contributed by atoms with Crippen molar-refractivity contribution < 1.29 is 14.3 Å². The van der Waals surface area contributed by atoms with Crippen molar-refractivity contribution in [1.82, 2.24) is 0 Å². The van der Waals surface area contributed by atoms with E-state index in [0.717, 1.165) is 11.1 Å². The molecule has 1 unspecified atom stereocenters. The summed E-state index contributed by atoms with van der Waals surface area (Å²) in [6, 6.07) is 16.8. The molecule has 0 radical (unpaired) electrons. The fourth-order valence-corrected chi connectivity index (χ4v) is 2.50. The molecule has 3 rings (SSSR count). The zero-order valence-electron chi connectivity index (χ0n) is 10.9. The van der Waals surface area contributed by atoms with Crippen molar-refractivity contribution in [2.24, 2.45) is 0 Å². The Bertz CT molecular complexity index is 646. The minimum atomic E-state index is -0.456. The number of benzene rings is 2. The molecule has 1 aliphatic carbocycles. The molecule has 1 aliphatic rings. The molecule has 100 valence electrons. The molecule has 0 fully saturated rings. The van der Waals surface area contributed by atoms with Gasteiger partial charge >= 0.3 is 5.97 Å². The average Bonchev–Trinajstić information content (AvgIpc) is 2.84. The maximum absolute atomic E-state index is 12.2. The van der Waals surface area contributed by atoms with E-state index in [0.29, 0.717) is 5.56 Å². The highest BCUT2D eigenvalue weighted by Crippen LogP contribution is 2.33. The van der Waals surface area contributed by atoms with Crippen LogP contribution in [0.25, 0.3) is 0 Å². The third kappa shape index (κ3) is 2.35. The Kier molecular flexibility index (Phi) is 3.33. The number of ketones is 1. The number of rotatable bonds is 3. The summed E-state index contributed by atoms with van der Waals surface area (Å²) in [7, 11) is 0. The van der Waals surface area contributed by atoms with E-state index in [4.69, 9.17) is 4.74 Å². The Morgan fingerprint density at radius 2 is 1.75 bits per heavy atom. The highest BCUT2D eigenvalue weighted by atomic mass is 16.5. The summed E-state index contributed by atoms with van der Waals surface area (Å²) in [4.78, 5) is 24.0. The van der Waals surface area contributed by atoms with Gasteiger partial charge in [-0.25, -0.2) is 0 Å². The molecule has 0 spiro atoms. The zero-order chi connectivity index (χ0) is 13.9. The van der Waals surface area contributed by atoms with E-state index in [1.807, 2.05) is 48.5 Å². The van der Waals surface area contributed by atoms with Crippen LogP contribution in [0.5, 0.6) is 0 Å². The Morgan fingerprint density at radius 1 is 1.05 bits per heavy atom. The minimum Gasteiger partial charge on any atom is -0.460 e. The topological polar surface area (TPSA) is 43.4 Å². The van der Waals surface area contributed by atoms with Crippen LogP contribution in [-0.4, -0.2) is 11.8 Å².